The monoisotopic (exact) mass is 406 g/mol. The number of hydrogen-bond donors (Lipinski definition) is 5. The summed E-state index contributed by atoms with van der Waals surface area (Å²) in [5, 5.41) is 25.2. The summed E-state index contributed by atoms with van der Waals surface area (Å²) in [6, 6.07) is 15.5. The van der Waals surface area contributed by atoms with Gasteiger partial charge < -0.3 is 14.9 Å². The summed E-state index contributed by atoms with van der Waals surface area (Å²) in [6.07, 6.45) is 1.83. The molecule has 0 aromatic heterocycles. The number of amides is 1. The lowest BCUT2D eigenvalue weighted by molar-refractivity contribution is -0.122. The molecule has 0 aliphatic carbocycles. The number of nitrogens with one attached hydrogen (secondary N) is 3. The summed E-state index contributed by atoms with van der Waals surface area (Å²) >= 11 is 0. The van der Waals surface area contributed by atoms with Crippen molar-refractivity contribution in [2.24, 2.45) is 5.10 Å². The fourth-order valence-electron chi connectivity index (χ4n) is 3.61. The number of rotatable bonds is 5. The number of carbonyl (C=O) groups excluding carboxylic acids is 1. The number of fused-ring (bicyclic) bond motifs is 1. The van der Waals surface area contributed by atoms with Crippen LogP contribution in [0.3, 0.4) is 0 Å². The molecule has 154 valence electrons. The van der Waals surface area contributed by atoms with Crippen LogP contribution in [-0.4, -0.2) is 35.5 Å². The summed E-state index contributed by atoms with van der Waals surface area (Å²) in [6.45, 7) is 0. The number of hydrazone groups is 1. The van der Waals surface area contributed by atoms with Crippen molar-refractivity contribution in [1.82, 2.24) is 16.3 Å². The molecule has 1 heterocycles. The summed E-state index contributed by atoms with van der Waals surface area (Å²) in [5.74, 6) is 0.273. The van der Waals surface area contributed by atoms with Crippen LogP contribution in [0.15, 0.2) is 59.7 Å². The van der Waals surface area contributed by atoms with Crippen LogP contribution in [0.4, 0.5) is 0 Å². The zero-order valence-electron chi connectivity index (χ0n) is 16.3. The van der Waals surface area contributed by atoms with Gasteiger partial charge in [0, 0.05) is 17.2 Å². The Balaban J connectivity index is 1.46. The van der Waals surface area contributed by atoms with E-state index in [1.807, 2.05) is 36.4 Å². The zero-order chi connectivity index (χ0) is 21.1. The molecule has 2 atom stereocenters. The molecule has 0 spiro atoms. The molecule has 1 aliphatic heterocycles. The first-order valence-electron chi connectivity index (χ1n) is 9.48. The second-order valence-electron chi connectivity index (χ2n) is 7.01. The number of hydrogen-bond acceptors (Lipinski definition) is 7. The van der Waals surface area contributed by atoms with Gasteiger partial charge in [-0.05, 0) is 35.4 Å². The van der Waals surface area contributed by atoms with Gasteiger partial charge in [0.25, 0.3) is 5.91 Å². The van der Waals surface area contributed by atoms with E-state index in [-0.39, 0.29) is 23.4 Å². The van der Waals surface area contributed by atoms with Gasteiger partial charge in [-0.3, -0.25) is 4.79 Å². The summed E-state index contributed by atoms with van der Waals surface area (Å²) in [4.78, 5) is 12.5. The van der Waals surface area contributed by atoms with Crippen LogP contribution in [0.2, 0.25) is 0 Å². The van der Waals surface area contributed by atoms with Gasteiger partial charge in [0.05, 0.1) is 19.4 Å². The molecule has 1 saturated heterocycles. The molecular formula is C22H22N4O4. The van der Waals surface area contributed by atoms with Gasteiger partial charge in [-0.2, -0.15) is 5.10 Å². The van der Waals surface area contributed by atoms with Crippen LogP contribution in [0.1, 0.15) is 23.6 Å². The van der Waals surface area contributed by atoms with E-state index in [1.54, 1.807) is 7.11 Å². The van der Waals surface area contributed by atoms with Gasteiger partial charge in [-0.1, -0.05) is 30.3 Å². The number of methoxy groups -OCH3 is 1. The van der Waals surface area contributed by atoms with E-state index >= 15 is 0 Å². The van der Waals surface area contributed by atoms with Crippen LogP contribution < -0.4 is 21.0 Å². The van der Waals surface area contributed by atoms with Gasteiger partial charge in [0.1, 0.15) is 23.3 Å². The third kappa shape index (κ3) is 3.91. The molecule has 8 heteroatoms. The van der Waals surface area contributed by atoms with Crippen molar-refractivity contribution in [2.45, 2.75) is 18.5 Å². The Hall–Kier alpha value is -3.62. The molecule has 4 rings (SSSR count). The Bertz CT molecular complexity index is 1120. The first kappa shape index (κ1) is 19.7. The average molecular weight is 406 g/mol. The number of hydrazine groups is 1. The third-order valence-electron chi connectivity index (χ3n) is 5.11. The van der Waals surface area contributed by atoms with E-state index in [4.69, 9.17) is 4.74 Å². The van der Waals surface area contributed by atoms with Crippen molar-refractivity contribution in [3.05, 3.63) is 65.7 Å². The zero-order valence-corrected chi connectivity index (χ0v) is 16.3. The number of benzene rings is 3. The van der Waals surface area contributed by atoms with Crippen molar-refractivity contribution in [3.63, 3.8) is 0 Å². The highest BCUT2D eigenvalue weighted by atomic mass is 16.5. The first-order valence-corrected chi connectivity index (χ1v) is 9.48. The SMILES string of the molecule is COc1ccc2ccccc2c1C1CC(C(=O)N/N=C/c2ccc(O)cc2O)NN1. The molecular weight excluding hydrogens is 384 g/mol. The number of nitrogens with zero attached hydrogens (tertiary/aromatic N) is 1. The molecule has 3 aromatic carbocycles. The second kappa shape index (κ2) is 8.40. The number of aromatic hydroxyl groups is 2. The highest BCUT2D eigenvalue weighted by molar-refractivity contribution is 5.89. The maximum absolute atomic E-state index is 12.5. The van der Waals surface area contributed by atoms with Gasteiger partial charge in [-0.15, -0.1) is 0 Å². The second-order valence-corrected chi connectivity index (χ2v) is 7.01. The molecule has 8 nitrogen and oxygen atoms in total. The fourth-order valence-corrected chi connectivity index (χ4v) is 3.61. The Morgan fingerprint density at radius 1 is 1.17 bits per heavy atom. The topological polar surface area (TPSA) is 115 Å². The summed E-state index contributed by atoms with van der Waals surface area (Å²) < 4.78 is 5.56. The number of phenols is 2. The van der Waals surface area contributed by atoms with E-state index < -0.39 is 6.04 Å². The molecule has 1 aliphatic rings. The van der Waals surface area contributed by atoms with E-state index in [2.05, 4.69) is 21.4 Å². The number of ether oxygens (including phenoxy) is 1. The Morgan fingerprint density at radius 3 is 2.80 bits per heavy atom. The average Bonchev–Trinajstić information content (AvgIpc) is 3.24. The highest BCUT2D eigenvalue weighted by Crippen LogP contribution is 2.36. The molecule has 0 saturated carbocycles. The molecule has 30 heavy (non-hydrogen) atoms. The van der Waals surface area contributed by atoms with Crippen molar-refractivity contribution in [1.29, 1.82) is 0 Å². The number of phenolic OH excluding ortho intramolecular Hbond substituents is 2. The standard InChI is InChI=1S/C22H22N4O4/c1-30-20-9-7-13-4-2-3-5-16(13)21(20)17-11-18(25-24-17)22(29)26-23-12-14-6-8-15(27)10-19(14)28/h2-10,12,17-18,24-25,27-28H,11H2,1H3,(H,26,29)/b23-12+. The molecule has 2 unspecified atom stereocenters. The minimum atomic E-state index is -0.496. The highest BCUT2D eigenvalue weighted by Gasteiger charge is 2.32. The third-order valence-corrected chi connectivity index (χ3v) is 5.11. The lowest BCUT2D eigenvalue weighted by Gasteiger charge is -2.17. The molecule has 0 bridgehead atoms. The Kier molecular flexibility index (Phi) is 5.51. The van der Waals surface area contributed by atoms with Crippen molar-refractivity contribution in [2.75, 3.05) is 7.11 Å². The van der Waals surface area contributed by atoms with Crippen LogP contribution in [0.5, 0.6) is 17.2 Å². The Labute approximate surface area is 173 Å². The predicted molar refractivity (Wildman–Crippen MR) is 113 cm³/mol. The summed E-state index contributed by atoms with van der Waals surface area (Å²) in [5.41, 5.74) is 10.0. The van der Waals surface area contributed by atoms with Crippen LogP contribution in [0, 0.1) is 0 Å². The van der Waals surface area contributed by atoms with Gasteiger partial charge in [0.2, 0.25) is 0 Å². The van der Waals surface area contributed by atoms with Crippen LogP contribution in [-0.2, 0) is 4.79 Å². The number of carbonyl (C=O) groups is 1. The minimum absolute atomic E-state index is 0.0511. The molecule has 1 fully saturated rings. The molecule has 0 radical (unpaired) electrons. The van der Waals surface area contributed by atoms with Gasteiger partial charge in [-0.25, -0.2) is 16.3 Å². The quantitative estimate of drug-likeness (QED) is 0.328. The molecule has 5 N–H and O–H groups in total. The normalized spacial score (nSPS) is 18.7. The van der Waals surface area contributed by atoms with E-state index in [1.165, 1.54) is 24.4 Å². The first-order chi connectivity index (χ1) is 14.6. The van der Waals surface area contributed by atoms with Crippen molar-refractivity contribution in [3.8, 4) is 17.2 Å². The van der Waals surface area contributed by atoms with E-state index in [0.29, 0.717) is 12.0 Å². The fraction of sp³-hybridized carbons (Fsp3) is 0.182. The van der Waals surface area contributed by atoms with Crippen LogP contribution >= 0.6 is 0 Å². The van der Waals surface area contributed by atoms with Gasteiger partial charge in [0.15, 0.2) is 0 Å². The van der Waals surface area contributed by atoms with E-state index in [0.717, 1.165) is 22.1 Å². The maximum Gasteiger partial charge on any atom is 0.258 e. The lowest BCUT2D eigenvalue weighted by atomic mass is 9.95. The summed E-state index contributed by atoms with van der Waals surface area (Å²) in [7, 11) is 1.63. The smallest absolute Gasteiger partial charge is 0.258 e. The predicted octanol–water partition coefficient (Wildman–Crippen LogP) is 2.32. The Morgan fingerprint density at radius 2 is 2.00 bits per heavy atom. The van der Waals surface area contributed by atoms with Crippen molar-refractivity contribution >= 4 is 22.9 Å². The van der Waals surface area contributed by atoms with Crippen molar-refractivity contribution < 1.29 is 19.7 Å². The maximum atomic E-state index is 12.5. The largest absolute Gasteiger partial charge is 0.508 e. The molecule has 1 amide bonds. The van der Waals surface area contributed by atoms with Crippen LogP contribution in [0.25, 0.3) is 10.8 Å². The lowest BCUT2D eigenvalue weighted by Crippen LogP contribution is -2.41. The minimum Gasteiger partial charge on any atom is -0.508 e. The van der Waals surface area contributed by atoms with E-state index in [9.17, 15) is 15.0 Å². The van der Waals surface area contributed by atoms with Gasteiger partial charge >= 0.3 is 0 Å². The molecule has 3 aromatic rings.